The van der Waals surface area contributed by atoms with E-state index in [9.17, 15) is 0 Å². The van der Waals surface area contributed by atoms with Gasteiger partial charge in [-0.1, -0.05) is 191 Å². The molecule has 9 aromatic carbocycles. The highest BCUT2D eigenvalue weighted by molar-refractivity contribution is 6.04. The predicted molar refractivity (Wildman–Crippen MR) is 288 cm³/mol. The van der Waals surface area contributed by atoms with Gasteiger partial charge in [-0.2, -0.15) is 0 Å². The molecular formula is C64H46N6O2. The number of nitrogens with zero attached hydrogens (tertiary/aromatic N) is 6. The van der Waals surface area contributed by atoms with Crippen molar-refractivity contribution < 1.29 is 8.83 Å². The van der Waals surface area contributed by atoms with Gasteiger partial charge in [0.05, 0.1) is 22.4 Å². The molecule has 0 bridgehead atoms. The zero-order chi connectivity index (χ0) is 48.6. The summed E-state index contributed by atoms with van der Waals surface area (Å²) in [5.74, 6) is 1.93. The third kappa shape index (κ3) is 8.56. The van der Waals surface area contributed by atoms with Gasteiger partial charge in [-0.3, -0.25) is 0 Å². The van der Waals surface area contributed by atoms with Gasteiger partial charge < -0.3 is 8.83 Å². The molecule has 0 amide bonds. The minimum atomic E-state index is -0.210. The van der Waals surface area contributed by atoms with E-state index in [-0.39, 0.29) is 5.41 Å². The Balaban J connectivity index is 0.953. The van der Waals surface area contributed by atoms with E-state index in [0.717, 1.165) is 100 Å². The van der Waals surface area contributed by atoms with Gasteiger partial charge in [0.2, 0.25) is 23.6 Å². The molecule has 0 saturated heterocycles. The predicted octanol–water partition coefficient (Wildman–Crippen LogP) is 16.4. The van der Waals surface area contributed by atoms with Crippen LogP contribution in [0.4, 0.5) is 0 Å². The van der Waals surface area contributed by atoms with Crippen molar-refractivity contribution >= 4 is 11.0 Å². The van der Waals surface area contributed by atoms with E-state index >= 15 is 0 Å². The van der Waals surface area contributed by atoms with Crippen molar-refractivity contribution in [3.05, 3.63) is 230 Å². The third-order valence-electron chi connectivity index (χ3n) is 13.0. The Morgan fingerprint density at radius 3 is 0.944 bits per heavy atom. The summed E-state index contributed by atoms with van der Waals surface area (Å²) in [7, 11) is 0. The van der Waals surface area contributed by atoms with E-state index in [2.05, 4.69) is 181 Å². The number of hydrogen-bond donors (Lipinski definition) is 0. The van der Waals surface area contributed by atoms with E-state index < -0.39 is 0 Å². The first-order chi connectivity index (χ1) is 35.3. The van der Waals surface area contributed by atoms with Crippen LogP contribution < -0.4 is 0 Å². The van der Waals surface area contributed by atoms with Crippen LogP contribution in [0.25, 0.3) is 124 Å². The Kier molecular flexibility index (Phi) is 11.3. The Morgan fingerprint density at radius 1 is 0.292 bits per heavy atom. The normalized spacial score (nSPS) is 11.5. The summed E-state index contributed by atoms with van der Waals surface area (Å²) in [6.07, 6.45) is 0. The Bertz CT molecular complexity index is 3830. The molecule has 3 heterocycles. The number of rotatable bonds is 10. The van der Waals surface area contributed by atoms with Gasteiger partial charge in [-0.25, -0.2) is 9.97 Å². The molecule has 0 aliphatic carbocycles. The molecule has 8 heteroatoms. The molecular weight excluding hydrogens is 885 g/mol. The average Bonchev–Trinajstić information content (AvgIpc) is 4.16. The Morgan fingerprint density at radius 2 is 0.583 bits per heavy atom. The first kappa shape index (κ1) is 43.9. The fraction of sp³-hybridized carbons (Fsp3) is 0.0625. The molecule has 0 aliphatic rings. The van der Waals surface area contributed by atoms with Gasteiger partial charge in [0.25, 0.3) is 0 Å². The van der Waals surface area contributed by atoms with Crippen LogP contribution in [0.5, 0.6) is 0 Å². The number of hydrogen-bond acceptors (Lipinski definition) is 8. The van der Waals surface area contributed by atoms with Crippen molar-refractivity contribution in [1.29, 1.82) is 0 Å². The standard InChI is InChI=1S/C64H46N6O2/c1-64(2,3)54-40-53(45-16-8-4-9-17-45)58-59(55(54)46-18-10-5-11-19-46)66-57(48-34-26-42(27-35-48)44-30-38-52(39-31-44)63-70-68-61(72-63)50-22-14-7-15-23-50)56(65-58)47-32-24-41(25-33-47)43-28-36-51(37-29-43)62-69-67-60(71-62)49-20-12-6-13-21-49/h4-40H,1-3H3. The highest BCUT2D eigenvalue weighted by Gasteiger charge is 2.27. The topological polar surface area (TPSA) is 104 Å². The van der Waals surface area contributed by atoms with Gasteiger partial charge in [0, 0.05) is 44.5 Å². The fourth-order valence-electron chi connectivity index (χ4n) is 9.26. The molecule has 0 spiro atoms. The van der Waals surface area contributed by atoms with E-state index in [0.29, 0.717) is 23.6 Å². The van der Waals surface area contributed by atoms with Crippen molar-refractivity contribution in [3.8, 4) is 113 Å². The zero-order valence-corrected chi connectivity index (χ0v) is 39.9. The molecule has 0 radical (unpaired) electrons. The summed E-state index contributed by atoms with van der Waals surface area (Å²) in [4.78, 5) is 11.5. The van der Waals surface area contributed by atoms with E-state index in [1.54, 1.807) is 0 Å². The van der Waals surface area contributed by atoms with Crippen LogP contribution in [0.2, 0.25) is 0 Å². The van der Waals surface area contributed by atoms with Crippen molar-refractivity contribution in [1.82, 2.24) is 30.4 Å². The molecule has 0 unspecified atom stereocenters. The molecule has 0 N–H and O–H groups in total. The van der Waals surface area contributed by atoms with Crippen molar-refractivity contribution in [3.63, 3.8) is 0 Å². The molecule has 0 atom stereocenters. The lowest BCUT2D eigenvalue weighted by Gasteiger charge is -2.26. The van der Waals surface area contributed by atoms with Gasteiger partial charge in [-0.05, 0) is 99.0 Å². The fourth-order valence-corrected chi connectivity index (χ4v) is 9.26. The second-order valence-corrected chi connectivity index (χ2v) is 18.8. The molecule has 3 aromatic heterocycles. The van der Waals surface area contributed by atoms with Crippen LogP contribution in [0.1, 0.15) is 26.3 Å². The highest BCUT2D eigenvalue weighted by Crippen LogP contribution is 2.45. The van der Waals surface area contributed by atoms with Gasteiger partial charge >= 0.3 is 0 Å². The maximum absolute atomic E-state index is 6.06. The number of aromatic nitrogens is 6. The van der Waals surface area contributed by atoms with Gasteiger partial charge in [0.1, 0.15) is 0 Å². The summed E-state index contributed by atoms with van der Waals surface area (Å²) >= 11 is 0. The highest BCUT2D eigenvalue weighted by atomic mass is 16.4. The maximum Gasteiger partial charge on any atom is 0.248 e. The lowest BCUT2D eigenvalue weighted by molar-refractivity contribution is 0.584. The van der Waals surface area contributed by atoms with E-state index in [1.807, 2.05) is 84.9 Å². The first-order valence-electron chi connectivity index (χ1n) is 24.0. The van der Waals surface area contributed by atoms with Crippen molar-refractivity contribution in [2.45, 2.75) is 26.2 Å². The molecule has 0 saturated carbocycles. The van der Waals surface area contributed by atoms with Crippen LogP contribution in [-0.4, -0.2) is 30.4 Å². The summed E-state index contributed by atoms with van der Waals surface area (Å²) < 4.78 is 12.1. The van der Waals surface area contributed by atoms with Crippen LogP contribution in [0.15, 0.2) is 233 Å². The van der Waals surface area contributed by atoms with Crippen LogP contribution in [0, 0.1) is 0 Å². The maximum atomic E-state index is 6.06. The van der Waals surface area contributed by atoms with Gasteiger partial charge in [-0.15, -0.1) is 20.4 Å². The Hall–Kier alpha value is -9.40. The average molecular weight is 931 g/mol. The number of fused-ring (bicyclic) bond motifs is 1. The zero-order valence-electron chi connectivity index (χ0n) is 39.9. The largest absolute Gasteiger partial charge is 0.416 e. The van der Waals surface area contributed by atoms with Crippen LogP contribution >= 0.6 is 0 Å². The number of benzene rings is 9. The molecule has 72 heavy (non-hydrogen) atoms. The molecule has 12 rings (SSSR count). The molecule has 8 nitrogen and oxygen atoms in total. The third-order valence-corrected chi connectivity index (χ3v) is 13.0. The molecule has 0 fully saturated rings. The smallest absolute Gasteiger partial charge is 0.248 e. The molecule has 0 aliphatic heterocycles. The lowest BCUT2D eigenvalue weighted by atomic mass is 9.79. The SMILES string of the molecule is CC(C)(C)c1cc(-c2ccccc2)c2nc(-c3ccc(-c4ccc(-c5nnc(-c6ccccc6)o5)cc4)cc3)c(-c3ccc(-c4ccc(-c5nnc(-c6ccccc6)o5)cc4)cc3)nc2c1-c1ccccc1. The Labute approximate surface area is 417 Å². The monoisotopic (exact) mass is 930 g/mol. The molecule has 344 valence electrons. The summed E-state index contributed by atoms with van der Waals surface area (Å²) in [6, 6.07) is 76.8. The van der Waals surface area contributed by atoms with Crippen LogP contribution in [-0.2, 0) is 5.41 Å². The van der Waals surface area contributed by atoms with Crippen LogP contribution in [0.3, 0.4) is 0 Å². The molecule has 12 aromatic rings. The van der Waals surface area contributed by atoms with Gasteiger partial charge in [0.15, 0.2) is 0 Å². The summed E-state index contributed by atoms with van der Waals surface area (Å²) in [5.41, 5.74) is 18.2. The van der Waals surface area contributed by atoms with E-state index in [1.165, 1.54) is 5.56 Å². The van der Waals surface area contributed by atoms with Crippen molar-refractivity contribution in [2.75, 3.05) is 0 Å². The van der Waals surface area contributed by atoms with E-state index in [4.69, 9.17) is 18.8 Å². The second kappa shape index (κ2) is 18.5. The summed E-state index contributed by atoms with van der Waals surface area (Å²) in [5, 5.41) is 17.3. The summed E-state index contributed by atoms with van der Waals surface area (Å²) in [6.45, 7) is 6.82. The minimum absolute atomic E-state index is 0.210. The quantitative estimate of drug-likeness (QED) is 0.134. The lowest BCUT2D eigenvalue weighted by Crippen LogP contribution is -2.14. The second-order valence-electron chi connectivity index (χ2n) is 18.8. The minimum Gasteiger partial charge on any atom is -0.416 e. The van der Waals surface area contributed by atoms with Crippen molar-refractivity contribution in [2.24, 2.45) is 0 Å². The first-order valence-corrected chi connectivity index (χ1v) is 24.0.